The van der Waals surface area contributed by atoms with E-state index in [0.717, 1.165) is 10.9 Å². The average Bonchev–Trinajstić information content (AvgIpc) is 3.23. The monoisotopic (exact) mass is 437 g/mol. The molecule has 2 aliphatic rings. The molecule has 166 valence electrons. The first-order chi connectivity index (χ1) is 15.6. The van der Waals surface area contributed by atoms with E-state index in [9.17, 15) is 14.0 Å². The van der Waals surface area contributed by atoms with Crippen LogP contribution in [0.1, 0.15) is 6.42 Å². The third kappa shape index (κ3) is 4.00. The zero-order chi connectivity index (χ0) is 22.1. The van der Waals surface area contributed by atoms with Gasteiger partial charge in [0.15, 0.2) is 11.5 Å². The molecule has 1 fully saturated rings. The number of ether oxygens (including phenoxy) is 2. The second-order valence-electron chi connectivity index (χ2n) is 8.03. The fourth-order valence-electron chi connectivity index (χ4n) is 4.25. The number of benzene rings is 2. The average molecular weight is 437 g/mol. The summed E-state index contributed by atoms with van der Waals surface area (Å²) in [6, 6.07) is 13.9. The quantitative estimate of drug-likeness (QED) is 0.630. The third-order valence-electron chi connectivity index (χ3n) is 6.03. The number of hydrogen-bond donors (Lipinski definition) is 0. The van der Waals surface area contributed by atoms with Crippen LogP contribution < -0.4 is 9.47 Å². The molecule has 2 aromatic carbocycles. The second-order valence-corrected chi connectivity index (χ2v) is 8.03. The molecular weight excluding hydrogens is 413 g/mol. The van der Waals surface area contributed by atoms with Gasteiger partial charge in [-0.05, 0) is 41.8 Å². The Balaban J connectivity index is 1.13. The molecule has 32 heavy (non-hydrogen) atoms. The zero-order valence-electron chi connectivity index (χ0n) is 17.6. The highest BCUT2D eigenvalue weighted by atomic mass is 19.1. The molecule has 0 saturated carbocycles. The Kier molecular flexibility index (Phi) is 5.43. The second kappa shape index (κ2) is 8.53. The van der Waals surface area contributed by atoms with Crippen molar-refractivity contribution in [2.75, 3.05) is 32.8 Å². The molecule has 2 aliphatic heterocycles. The van der Waals surface area contributed by atoms with E-state index in [1.54, 1.807) is 21.9 Å². The summed E-state index contributed by atoms with van der Waals surface area (Å²) in [5.41, 5.74) is 0.782. The maximum Gasteiger partial charge on any atom is 0.267 e. The van der Waals surface area contributed by atoms with E-state index in [4.69, 9.17) is 9.47 Å². The van der Waals surface area contributed by atoms with Gasteiger partial charge in [0.1, 0.15) is 12.4 Å². The van der Waals surface area contributed by atoms with Crippen molar-refractivity contribution in [2.45, 2.75) is 19.1 Å². The molecule has 7 nitrogen and oxygen atoms in total. The first kappa shape index (κ1) is 20.4. The molecule has 8 heteroatoms. The van der Waals surface area contributed by atoms with E-state index < -0.39 is 6.10 Å². The summed E-state index contributed by atoms with van der Waals surface area (Å²) in [4.78, 5) is 29.1. The first-order valence-electron chi connectivity index (χ1n) is 10.8. The van der Waals surface area contributed by atoms with Gasteiger partial charge in [0, 0.05) is 45.3 Å². The van der Waals surface area contributed by atoms with Gasteiger partial charge in [-0.25, -0.2) is 4.39 Å². The number of piperazine rings is 1. The Bertz CT molecular complexity index is 1150. The molecule has 0 N–H and O–H groups in total. The lowest BCUT2D eigenvalue weighted by Gasteiger charge is -2.37. The van der Waals surface area contributed by atoms with Crippen LogP contribution >= 0.6 is 0 Å². The number of para-hydroxylation sites is 2. The molecule has 1 saturated heterocycles. The van der Waals surface area contributed by atoms with Gasteiger partial charge >= 0.3 is 0 Å². The summed E-state index contributed by atoms with van der Waals surface area (Å²) in [6.45, 7) is 2.55. The Labute approximate surface area is 184 Å². The van der Waals surface area contributed by atoms with Crippen LogP contribution in [0.5, 0.6) is 11.5 Å². The van der Waals surface area contributed by atoms with E-state index in [1.807, 2.05) is 35.0 Å². The van der Waals surface area contributed by atoms with Gasteiger partial charge < -0.3 is 23.8 Å². The largest absolute Gasteiger partial charge is 0.485 e. The molecule has 1 atom stereocenters. The fourth-order valence-corrected chi connectivity index (χ4v) is 4.25. The molecular formula is C24H24FN3O4. The molecule has 3 aromatic rings. The number of nitrogens with zero attached hydrogens (tertiary/aromatic N) is 3. The molecule has 0 aliphatic carbocycles. The number of fused-ring (bicyclic) bond motifs is 2. The lowest BCUT2D eigenvalue weighted by atomic mass is 10.2. The van der Waals surface area contributed by atoms with Crippen molar-refractivity contribution in [1.82, 2.24) is 14.4 Å². The van der Waals surface area contributed by atoms with Gasteiger partial charge in [0.25, 0.3) is 5.91 Å². The van der Waals surface area contributed by atoms with Crippen LogP contribution in [-0.2, 0) is 16.1 Å². The van der Waals surface area contributed by atoms with Crippen molar-refractivity contribution in [3.05, 3.63) is 60.5 Å². The summed E-state index contributed by atoms with van der Waals surface area (Å²) >= 11 is 0. The van der Waals surface area contributed by atoms with Gasteiger partial charge in [0.2, 0.25) is 12.0 Å². The molecule has 0 spiro atoms. The minimum atomic E-state index is -0.672. The van der Waals surface area contributed by atoms with Crippen molar-refractivity contribution >= 4 is 22.7 Å². The summed E-state index contributed by atoms with van der Waals surface area (Å²) in [7, 11) is 0. The van der Waals surface area contributed by atoms with Gasteiger partial charge in [0.05, 0.1) is 5.52 Å². The van der Waals surface area contributed by atoms with Crippen LogP contribution in [0.3, 0.4) is 0 Å². The van der Waals surface area contributed by atoms with Crippen molar-refractivity contribution < 1.29 is 23.5 Å². The lowest BCUT2D eigenvalue weighted by molar-refractivity contribution is -0.146. The number of aryl methyl sites for hydroxylation is 1. The molecule has 1 aromatic heterocycles. The number of carbonyl (C=O) groups is 2. The summed E-state index contributed by atoms with van der Waals surface area (Å²) in [6.07, 6.45) is 1.53. The van der Waals surface area contributed by atoms with E-state index in [2.05, 4.69) is 0 Å². The lowest BCUT2D eigenvalue weighted by Crippen LogP contribution is -2.55. The fraction of sp³-hybridized carbons (Fsp3) is 0.333. The van der Waals surface area contributed by atoms with Gasteiger partial charge in [-0.2, -0.15) is 0 Å². The molecule has 0 unspecified atom stereocenters. The van der Waals surface area contributed by atoms with Crippen LogP contribution in [0.2, 0.25) is 0 Å². The minimum Gasteiger partial charge on any atom is -0.485 e. The highest BCUT2D eigenvalue weighted by Gasteiger charge is 2.33. The topological polar surface area (TPSA) is 64.0 Å². The molecule has 0 radical (unpaired) electrons. The Hall–Kier alpha value is -3.55. The molecule has 5 rings (SSSR count). The van der Waals surface area contributed by atoms with Crippen molar-refractivity contribution in [1.29, 1.82) is 0 Å². The van der Waals surface area contributed by atoms with Crippen molar-refractivity contribution in [2.24, 2.45) is 0 Å². The minimum absolute atomic E-state index is 0.0292. The van der Waals surface area contributed by atoms with E-state index in [1.165, 1.54) is 12.1 Å². The van der Waals surface area contributed by atoms with Crippen LogP contribution in [-0.4, -0.2) is 65.1 Å². The van der Waals surface area contributed by atoms with E-state index >= 15 is 0 Å². The summed E-state index contributed by atoms with van der Waals surface area (Å²) in [5, 5.41) is 0.947. The standard InChI is InChI=1S/C24H24FN3O4/c25-18-6-5-17-7-9-26(19(17)15-18)10-8-23(29)27-11-13-28(14-12-27)24(30)22-16-31-20-3-1-2-4-21(20)32-22/h1-7,9,15,22H,8,10-14,16H2/t22-/m1/s1. The normalized spacial score (nSPS) is 18.1. The Morgan fingerprint density at radius 2 is 1.72 bits per heavy atom. The highest BCUT2D eigenvalue weighted by Crippen LogP contribution is 2.31. The molecule has 3 heterocycles. The molecule has 2 amide bonds. The van der Waals surface area contributed by atoms with Gasteiger partial charge in [-0.15, -0.1) is 0 Å². The predicted octanol–water partition coefficient (Wildman–Crippen LogP) is 2.68. The maximum absolute atomic E-state index is 13.6. The number of hydrogen-bond acceptors (Lipinski definition) is 4. The van der Waals surface area contributed by atoms with Crippen LogP contribution in [0, 0.1) is 5.82 Å². The zero-order valence-corrected chi connectivity index (χ0v) is 17.6. The van der Waals surface area contributed by atoms with Crippen LogP contribution in [0.15, 0.2) is 54.7 Å². The van der Waals surface area contributed by atoms with E-state index in [-0.39, 0.29) is 24.2 Å². The number of carbonyl (C=O) groups excluding carboxylic acids is 2. The summed E-state index contributed by atoms with van der Waals surface area (Å²) < 4.78 is 26.9. The number of rotatable bonds is 4. The predicted molar refractivity (Wildman–Crippen MR) is 116 cm³/mol. The first-order valence-corrected chi connectivity index (χ1v) is 10.8. The van der Waals surface area contributed by atoms with E-state index in [0.29, 0.717) is 50.6 Å². The Morgan fingerprint density at radius 1 is 0.969 bits per heavy atom. The third-order valence-corrected chi connectivity index (χ3v) is 6.03. The van der Waals surface area contributed by atoms with Crippen LogP contribution in [0.4, 0.5) is 4.39 Å². The van der Waals surface area contributed by atoms with Crippen molar-refractivity contribution in [3.63, 3.8) is 0 Å². The SMILES string of the molecule is O=C(CCn1ccc2ccc(F)cc21)N1CCN(C(=O)[C@H]2COc3ccccc3O2)CC1. The van der Waals surface area contributed by atoms with Crippen molar-refractivity contribution in [3.8, 4) is 11.5 Å². The molecule has 0 bridgehead atoms. The van der Waals surface area contributed by atoms with Gasteiger partial charge in [-0.3, -0.25) is 9.59 Å². The smallest absolute Gasteiger partial charge is 0.267 e. The van der Waals surface area contributed by atoms with Gasteiger partial charge in [-0.1, -0.05) is 12.1 Å². The highest BCUT2D eigenvalue weighted by molar-refractivity contribution is 5.83. The summed E-state index contributed by atoms with van der Waals surface area (Å²) in [5.74, 6) is 0.836. The number of amides is 2. The number of halogens is 1. The Morgan fingerprint density at radius 3 is 2.53 bits per heavy atom. The maximum atomic E-state index is 13.6. The van der Waals surface area contributed by atoms with Crippen LogP contribution in [0.25, 0.3) is 10.9 Å². The number of aromatic nitrogens is 1.